The van der Waals surface area contributed by atoms with E-state index in [1.165, 1.54) is 12.1 Å². The summed E-state index contributed by atoms with van der Waals surface area (Å²) in [6.45, 7) is 7.13. The van der Waals surface area contributed by atoms with Crippen molar-refractivity contribution in [2.45, 2.75) is 26.1 Å². The number of hydrogen-bond donors (Lipinski definition) is 1. The van der Waals surface area contributed by atoms with E-state index in [4.69, 9.17) is 0 Å². The number of halogens is 3. The summed E-state index contributed by atoms with van der Waals surface area (Å²) in [6, 6.07) is 4.52. The van der Waals surface area contributed by atoms with E-state index in [1.807, 2.05) is 0 Å². The van der Waals surface area contributed by atoms with Crippen LogP contribution in [0, 0.1) is 5.41 Å². The van der Waals surface area contributed by atoms with Crippen LogP contribution >= 0.6 is 0 Å². The molecule has 1 N–H and O–H groups in total. The molecule has 0 fully saturated rings. The first kappa shape index (κ1) is 13.8. The molecule has 1 nitrogen and oxygen atoms in total. The SMILES string of the molecule is C=CC(C)(C)C(O)c1ccc(C(F)(F)F)cc1. The topological polar surface area (TPSA) is 20.2 Å². The molecule has 1 aromatic carbocycles. The fourth-order valence-corrected chi connectivity index (χ4v) is 1.40. The third kappa shape index (κ3) is 3.09. The van der Waals surface area contributed by atoms with Crippen molar-refractivity contribution in [2.75, 3.05) is 0 Å². The minimum atomic E-state index is -4.35. The second kappa shape index (κ2) is 4.53. The molecule has 0 aliphatic rings. The van der Waals surface area contributed by atoms with E-state index in [0.29, 0.717) is 5.56 Å². The Kier molecular flexibility index (Phi) is 3.67. The normalized spacial score (nSPS) is 14.5. The van der Waals surface area contributed by atoms with Crippen LogP contribution < -0.4 is 0 Å². The lowest BCUT2D eigenvalue weighted by Crippen LogP contribution is -2.19. The fourth-order valence-electron chi connectivity index (χ4n) is 1.40. The van der Waals surface area contributed by atoms with Crippen LogP contribution in [0.15, 0.2) is 36.9 Å². The van der Waals surface area contributed by atoms with Crippen LogP contribution in [0.4, 0.5) is 13.2 Å². The molecule has 1 unspecified atom stereocenters. The van der Waals surface area contributed by atoms with Gasteiger partial charge in [0.1, 0.15) is 0 Å². The van der Waals surface area contributed by atoms with Gasteiger partial charge in [0.15, 0.2) is 0 Å². The number of alkyl halides is 3. The summed E-state index contributed by atoms with van der Waals surface area (Å²) < 4.78 is 37.0. The third-order valence-electron chi connectivity index (χ3n) is 2.78. The molecule has 0 spiro atoms. The van der Waals surface area contributed by atoms with Crippen molar-refractivity contribution >= 4 is 0 Å². The Morgan fingerprint density at radius 1 is 1.18 bits per heavy atom. The number of aliphatic hydroxyl groups excluding tert-OH is 1. The predicted molar refractivity (Wildman–Crippen MR) is 60.4 cm³/mol. The van der Waals surface area contributed by atoms with E-state index in [0.717, 1.165) is 12.1 Å². The van der Waals surface area contributed by atoms with E-state index in [9.17, 15) is 18.3 Å². The van der Waals surface area contributed by atoms with Gasteiger partial charge in [-0.1, -0.05) is 32.1 Å². The molecule has 0 bridgehead atoms. The molecule has 1 aromatic rings. The van der Waals surface area contributed by atoms with Crippen molar-refractivity contribution in [2.24, 2.45) is 5.41 Å². The Labute approximate surface area is 98.6 Å². The quantitative estimate of drug-likeness (QED) is 0.798. The van der Waals surface area contributed by atoms with E-state index in [-0.39, 0.29) is 0 Å². The lowest BCUT2D eigenvalue weighted by molar-refractivity contribution is -0.137. The zero-order chi connectivity index (χ0) is 13.3. The molecule has 1 rings (SSSR count). The largest absolute Gasteiger partial charge is 0.416 e. The lowest BCUT2D eigenvalue weighted by Gasteiger charge is -2.27. The highest BCUT2D eigenvalue weighted by atomic mass is 19.4. The predicted octanol–water partition coefficient (Wildman–Crippen LogP) is 3.95. The van der Waals surface area contributed by atoms with Crippen LogP contribution in [0.2, 0.25) is 0 Å². The third-order valence-corrected chi connectivity index (χ3v) is 2.78. The Balaban J connectivity index is 3.00. The molecular formula is C13H15F3O. The highest BCUT2D eigenvalue weighted by Crippen LogP contribution is 2.36. The molecule has 0 saturated carbocycles. The van der Waals surface area contributed by atoms with Crippen LogP contribution in [0.1, 0.15) is 31.1 Å². The molecule has 0 amide bonds. The Bertz CT molecular complexity index is 390. The summed E-state index contributed by atoms with van der Waals surface area (Å²) in [5.74, 6) is 0. The van der Waals surface area contributed by atoms with E-state index in [2.05, 4.69) is 6.58 Å². The molecule has 0 saturated heterocycles. The summed E-state index contributed by atoms with van der Waals surface area (Å²) in [7, 11) is 0. The summed E-state index contributed by atoms with van der Waals surface area (Å²) in [4.78, 5) is 0. The van der Waals surface area contributed by atoms with Gasteiger partial charge in [0.2, 0.25) is 0 Å². The van der Waals surface area contributed by atoms with E-state index in [1.54, 1.807) is 19.9 Å². The smallest absolute Gasteiger partial charge is 0.388 e. The van der Waals surface area contributed by atoms with Gasteiger partial charge in [-0.2, -0.15) is 13.2 Å². The summed E-state index contributed by atoms with van der Waals surface area (Å²) >= 11 is 0. The number of aliphatic hydroxyl groups is 1. The van der Waals surface area contributed by atoms with Crippen LogP contribution in [0.3, 0.4) is 0 Å². The Morgan fingerprint density at radius 3 is 2.00 bits per heavy atom. The molecule has 0 aromatic heterocycles. The Morgan fingerprint density at radius 2 is 1.65 bits per heavy atom. The van der Waals surface area contributed by atoms with Gasteiger partial charge >= 0.3 is 6.18 Å². The van der Waals surface area contributed by atoms with E-state index < -0.39 is 23.3 Å². The summed E-state index contributed by atoms with van der Waals surface area (Å²) in [6.07, 6.45) is -3.64. The van der Waals surface area contributed by atoms with Gasteiger partial charge in [0.05, 0.1) is 11.7 Å². The van der Waals surface area contributed by atoms with Crippen LogP contribution in [0.5, 0.6) is 0 Å². The molecule has 4 heteroatoms. The van der Waals surface area contributed by atoms with Gasteiger partial charge in [-0.15, -0.1) is 6.58 Å². The highest BCUT2D eigenvalue weighted by Gasteiger charge is 2.31. The van der Waals surface area contributed by atoms with Crippen molar-refractivity contribution in [1.29, 1.82) is 0 Å². The zero-order valence-electron chi connectivity index (χ0n) is 9.75. The summed E-state index contributed by atoms with van der Waals surface area (Å²) in [5.41, 5.74) is -0.854. The minimum Gasteiger partial charge on any atom is -0.388 e. The van der Waals surface area contributed by atoms with Gasteiger partial charge < -0.3 is 5.11 Å². The second-order valence-electron chi connectivity index (χ2n) is 4.55. The minimum absolute atomic E-state index is 0.447. The first-order valence-electron chi connectivity index (χ1n) is 5.17. The first-order chi connectivity index (χ1) is 7.68. The maximum absolute atomic E-state index is 12.3. The molecule has 17 heavy (non-hydrogen) atoms. The highest BCUT2D eigenvalue weighted by molar-refractivity contribution is 5.27. The van der Waals surface area contributed by atoms with Gasteiger partial charge in [0, 0.05) is 5.41 Å². The van der Waals surface area contributed by atoms with Crippen molar-refractivity contribution < 1.29 is 18.3 Å². The van der Waals surface area contributed by atoms with Gasteiger partial charge in [-0.3, -0.25) is 0 Å². The van der Waals surface area contributed by atoms with Gasteiger partial charge in [-0.05, 0) is 17.7 Å². The fraction of sp³-hybridized carbons (Fsp3) is 0.385. The second-order valence-corrected chi connectivity index (χ2v) is 4.55. The standard InChI is InChI=1S/C13H15F3O/c1-4-12(2,3)11(17)9-5-7-10(8-6-9)13(14,15)16/h4-8,11,17H,1H2,2-3H3. The summed E-state index contributed by atoms with van der Waals surface area (Å²) in [5, 5.41) is 9.99. The van der Waals surface area contributed by atoms with Crippen LogP contribution in [-0.2, 0) is 6.18 Å². The van der Waals surface area contributed by atoms with Crippen molar-refractivity contribution in [3.8, 4) is 0 Å². The average molecular weight is 244 g/mol. The van der Waals surface area contributed by atoms with Crippen LogP contribution in [-0.4, -0.2) is 5.11 Å². The van der Waals surface area contributed by atoms with Crippen LogP contribution in [0.25, 0.3) is 0 Å². The van der Waals surface area contributed by atoms with Crippen molar-refractivity contribution in [1.82, 2.24) is 0 Å². The molecule has 0 aliphatic heterocycles. The van der Waals surface area contributed by atoms with Crippen molar-refractivity contribution in [3.05, 3.63) is 48.0 Å². The monoisotopic (exact) mass is 244 g/mol. The molecule has 0 radical (unpaired) electrons. The molecule has 94 valence electrons. The molecular weight excluding hydrogens is 229 g/mol. The van der Waals surface area contributed by atoms with Gasteiger partial charge in [-0.25, -0.2) is 0 Å². The lowest BCUT2D eigenvalue weighted by atomic mass is 9.83. The number of hydrogen-bond acceptors (Lipinski definition) is 1. The first-order valence-corrected chi connectivity index (χ1v) is 5.17. The molecule has 0 heterocycles. The number of benzene rings is 1. The Hall–Kier alpha value is -1.29. The zero-order valence-corrected chi connectivity index (χ0v) is 9.75. The molecule has 1 atom stereocenters. The molecule has 0 aliphatic carbocycles. The maximum atomic E-state index is 12.3. The van der Waals surface area contributed by atoms with Gasteiger partial charge in [0.25, 0.3) is 0 Å². The van der Waals surface area contributed by atoms with Crippen molar-refractivity contribution in [3.63, 3.8) is 0 Å². The number of rotatable bonds is 3. The van der Waals surface area contributed by atoms with E-state index >= 15 is 0 Å². The maximum Gasteiger partial charge on any atom is 0.416 e. The average Bonchev–Trinajstić information content (AvgIpc) is 2.27.